The third-order valence-corrected chi connectivity index (χ3v) is 7.41. The molecule has 0 heterocycles. The first kappa shape index (κ1) is 43.0. The molecule has 0 unspecified atom stereocenters. The Hall–Kier alpha value is -3.05. The van der Waals surface area contributed by atoms with Gasteiger partial charge >= 0.3 is 5.97 Å². The average Bonchev–Trinajstić information content (AvgIpc) is 3.03. The van der Waals surface area contributed by atoms with Gasteiger partial charge in [-0.15, -0.1) is 0 Å². The van der Waals surface area contributed by atoms with Crippen LogP contribution in [0.1, 0.15) is 53.9 Å². The van der Waals surface area contributed by atoms with Crippen molar-refractivity contribution in [3.05, 3.63) is 29.1 Å². The van der Waals surface area contributed by atoms with Crippen molar-refractivity contribution in [2.24, 2.45) is 11.8 Å². The van der Waals surface area contributed by atoms with Crippen molar-refractivity contribution in [2.45, 2.75) is 59.4 Å². The molecule has 0 radical (unpaired) electrons. The number of carbonyl (C=O) groups excluding carboxylic acids is 4. The Kier molecular flexibility index (Phi) is 19.5. The third kappa shape index (κ3) is 14.2. The van der Waals surface area contributed by atoms with Crippen molar-refractivity contribution in [1.82, 2.24) is 4.90 Å². The summed E-state index contributed by atoms with van der Waals surface area (Å²) in [6, 6.07) is 0. The van der Waals surface area contributed by atoms with Crippen molar-refractivity contribution < 1.29 is 69.6 Å². The Bertz CT molecular complexity index is 1190. The zero-order valence-corrected chi connectivity index (χ0v) is 28.3. The number of carbonyl (C=O) groups is 4. The zero-order chi connectivity index (χ0) is 36.4. The Labute approximate surface area is 277 Å². The lowest BCUT2D eigenvalue weighted by atomic mass is 9.82. The van der Waals surface area contributed by atoms with E-state index in [1.807, 2.05) is 13.8 Å². The molecule has 0 fully saturated rings. The molecule has 0 saturated carbocycles. The van der Waals surface area contributed by atoms with Crippen LogP contribution in [0.25, 0.3) is 0 Å². The van der Waals surface area contributed by atoms with Crippen LogP contribution in [0.4, 0.5) is 22.0 Å². The van der Waals surface area contributed by atoms with E-state index in [1.165, 1.54) is 11.8 Å². The van der Waals surface area contributed by atoms with Gasteiger partial charge in [0.2, 0.25) is 40.7 Å². The Morgan fingerprint density at radius 2 is 1.02 bits per heavy atom. The quantitative estimate of drug-likeness (QED) is 0.0366. The number of Topliss-reactive ketones (excluding diaryl/α,β-unsaturated/α-hetero) is 2. The molecule has 0 saturated heterocycles. The monoisotopic (exact) mass is 699 g/mol. The first-order valence-electron chi connectivity index (χ1n) is 15.4. The Balaban J connectivity index is 2.05. The predicted molar refractivity (Wildman–Crippen MR) is 161 cm³/mol. The van der Waals surface area contributed by atoms with Gasteiger partial charge in [0.1, 0.15) is 5.78 Å². The molecule has 0 N–H and O–H groups in total. The van der Waals surface area contributed by atoms with Crippen molar-refractivity contribution >= 4 is 23.4 Å². The van der Waals surface area contributed by atoms with Crippen LogP contribution in [0, 0.1) is 40.9 Å². The van der Waals surface area contributed by atoms with Crippen LogP contribution in [-0.2, 0) is 42.9 Å². The van der Waals surface area contributed by atoms with Crippen LogP contribution in [0.15, 0.2) is 0 Å². The maximum Gasteiger partial charge on any atom is 0.313 e. The number of ketones is 2. The highest BCUT2D eigenvalue weighted by molar-refractivity contribution is 5.95. The van der Waals surface area contributed by atoms with Gasteiger partial charge < -0.3 is 33.3 Å². The molecule has 0 bridgehead atoms. The number of esters is 1. The van der Waals surface area contributed by atoms with E-state index in [9.17, 15) is 41.1 Å². The largest absolute Gasteiger partial charge is 0.420 e. The smallest absolute Gasteiger partial charge is 0.313 e. The second-order valence-corrected chi connectivity index (χ2v) is 11.5. The molecular formula is C32H46F5NO10. The lowest BCUT2D eigenvalue weighted by Gasteiger charge is -2.35. The number of nitrogens with zero attached hydrogens (tertiary/aromatic N) is 1. The van der Waals surface area contributed by atoms with Crippen molar-refractivity contribution in [1.29, 1.82) is 0 Å². The van der Waals surface area contributed by atoms with Gasteiger partial charge in [0.25, 0.3) is 0 Å². The maximum absolute atomic E-state index is 13.5. The molecule has 0 aliphatic rings. The summed E-state index contributed by atoms with van der Waals surface area (Å²) in [6.07, 6.45) is -0.346. The number of halogens is 5. The fourth-order valence-corrected chi connectivity index (χ4v) is 4.10. The third-order valence-electron chi connectivity index (χ3n) is 7.41. The van der Waals surface area contributed by atoms with E-state index in [0.717, 1.165) is 0 Å². The van der Waals surface area contributed by atoms with Crippen LogP contribution in [0.2, 0.25) is 0 Å². The number of hydrogen-bond acceptors (Lipinski definition) is 10. The highest BCUT2D eigenvalue weighted by Crippen LogP contribution is 2.29. The molecule has 16 heteroatoms. The average molecular weight is 700 g/mol. The van der Waals surface area contributed by atoms with Crippen molar-refractivity contribution in [3.63, 3.8) is 0 Å². The molecule has 48 heavy (non-hydrogen) atoms. The first-order valence-corrected chi connectivity index (χ1v) is 15.4. The molecule has 0 spiro atoms. The van der Waals surface area contributed by atoms with E-state index >= 15 is 0 Å². The molecule has 1 rings (SSSR count). The van der Waals surface area contributed by atoms with Gasteiger partial charge in [0.05, 0.1) is 84.4 Å². The van der Waals surface area contributed by atoms with Crippen LogP contribution in [-0.4, -0.2) is 107 Å². The minimum atomic E-state index is -2.36. The Morgan fingerprint density at radius 1 is 0.646 bits per heavy atom. The summed E-state index contributed by atoms with van der Waals surface area (Å²) in [6.45, 7) is 10.3. The summed E-state index contributed by atoms with van der Waals surface area (Å²) in [5, 5.41) is 0. The Morgan fingerprint density at radius 3 is 1.42 bits per heavy atom. The fraction of sp³-hybridized carbons (Fsp3) is 0.688. The van der Waals surface area contributed by atoms with Gasteiger partial charge in [-0.2, -0.15) is 8.78 Å². The first-order chi connectivity index (χ1) is 22.5. The minimum Gasteiger partial charge on any atom is -0.420 e. The lowest BCUT2D eigenvalue weighted by Crippen LogP contribution is -2.51. The van der Waals surface area contributed by atoms with Gasteiger partial charge in [-0.1, -0.05) is 13.8 Å². The standard InChI is InChI=1S/C32H46F5NO10/c1-20(2)22(21(3)39)19-23(40)32(4,5)38(6)24(41)7-9-43-11-13-45-15-17-47-18-16-46-14-12-44-10-8-25(42)48-31-29(36)27(34)26(33)28(35)30(31)37/h20,22H,7-19H2,1-6H3/t22-/m0/s1. The summed E-state index contributed by atoms with van der Waals surface area (Å²) in [7, 11) is 1.56. The van der Waals surface area contributed by atoms with Crippen molar-refractivity contribution in [2.75, 3.05) is 73.1 Å². The molecule has 1 atom stereocenters. The molecule has 0 aromatic heterocycles. The molecule has 0 aliphatic heterocycles. The van der Waals surface area contributed by atoms with Crippen LogP contribution in [0.3, 0.4) is 0 Å². The molecule has 1 amide bonds. The van der Waals surface area contributed by atoms with Gasteiger partial charge in [-0.05, 0) is 26.7 Å². The molecule has 1 aromatic rings. The van der Waals surface area contributed by atoms with E-state index in [0.29, 0.717) is 13.2 Å². The van der Waals surface area contributed by atoms with Crippen LogP contribution in [0.5, 0.6) is 5.75 Å². The second kappa shape index (κ2) is 21.8. The van der Waals surface area contributed by atoms with Gasteiger partial charge in [-0.25, -0.2) is 13.2 Å². The van der Waals surface area contributed by atoms with Crippen LogP contribution >= 0.6 is 0 Å². The topological polar surface area (TPSA) is 127 Å². The number of amides is 1. The van der Waals surface area contributed by atoms with Crippen LogP contribution < -0.4 is 4.74 Å². The van der Waals surface area contributed by atoms with Gasteiger partial charge in [0, 0.05) is 19.4 Å². The predicted octanol–water partition coefficient (Wildman–Crippen LogP) is 4.21. The molecule has 274 valence electrons. The fourth-order valence-electron chi connectivity index (χ4n) is 4.10. The van der Waals surface area contributed by atoms with E-state index in [-0.39, 0.29) is 95.0 Å². The van der Waals surface area contributed by atoms with Gasteiger partial charge in [-0.3, -0.25) is 19.2 Å². The number of rotatable bonds is 25. The highest BCUT2D eigenvalue weighted by atomic mass is 19.2. The molecule has 1 aromatic carbocycles. The minimum absolute atomic E-state index is 0.0230. The maximum atomic E-state index is 13.5. The highest BCUT2D eigenvalue weighted by Gasteiger charge is 2.37. The molecule has 0 aliphatic carbocycles. The summed E-state index contributed by atoms with van der Waals surface area (Å²) in [5.41, 5.74) is -1.06. The normalized spacial score (nSPS) is 12.3. The number of likely N-dealkylation sites (N-methyl/N-ethyl adjacent to an activating group) is 1. The van der Waals surface area contributed by atoms with E-state index in [1.54, 1.807) is 20.9 Å². The van der Waals surface area contributed by atoms with Gasteiger partial charge in [0.15, 0.2) is 5.78 Å². The van der Waals surface area contributed by atoms with E-state index in [2.05, 4.69) is 4.74 Å². The molecule has 11 nitrogen and oxygen atoms in total. The number of benzene rings is 1. The summed E-state index contributed by atoms with van der Waals surface area (Å²) < 4.78 is 97.3. The van der Waals surface area contributed by atoms with E-state index in [4.69, 9.17) is 23.7 Å². The van der Waals surface area contributed by atoms with Crippen molar-refractivity contribution in [3.8, 4) is 5.75 Å². The van der Waals surface area contributed by atoms with E-state index < -0.39 is 52.8 Å². The number of hydrogen-bond donors (Lipinski definition) is 0. The summed E-state index contributed by atoms with van der Waals surface area (Å²) in [5.74, 6) is -15.1. The summed E-state index contributed by atoms with van der Waals surface area (Å²) in [4.78, 5) is 50.4. The molecular weight excluding hydrogens is 653 g/mol. The zero-order valence-electron chi connectivity index (χ0n) is 28.3. The lowest BCUT2D eigenvalue weighted by molar-refractivity contribution is -0.145. The number of ether oxygens (including phenoxy) is 6. The second-order valence-electron chi connectivity index (χ2n) is 11.5. The SMILES string of the molecule is CC(=O)[C@@H](CC(=O)C(C)(C)N(C)C(=O)CCOCCOCCOCCOCCOCCC(=O)Oc1c(F)c(F)c(F)c(F)c1F)C(C)C. The summed E-state index contributed by atoms with van der Waals surface area (Å²) >= 11 is 0.